The number of hydrogen-bond donors (Lipinski definition) is 1. The van der Waals surface area contributed by atoms with E-state index in [2.05, 4.69) is 34.1 Å². The van der Waals surface area contributed by atoms with E-state index in [0.29, 0.717) is 13.0 Å². The fourth-order valence-corrected chi connectivity index (χ4v) is 3.16. The van der Waals surface area contributed by atoms with Crippen molar-refractivity contribution in [3.05, 3.63) is 12.7 Å². The molecule has 118 valence electrons. The summed E-state index contributed by atoms with van der Waals surface area (Å²) in [5.41, 5.74) is 0. The van der Waals surface area contributed by atoms with Gasteiger partial charge < -0.3 is 10.2 Å². The first-order valence-corrected chi connectivity index (χ1v) is 7.95. The smallest absolute Gasteiger partial charge is 0.221 e. The van der Waals surface area contributed by atoms with Crippen molar-refractivity contribution in [1.82, 2.24) is 25.0 Å². The fraction of sp³-hybridized carbons (Fsp3) is 0.800. The first-order chi connectivity index (χ1) is 10.1. The molecule has 1 N–H and O–H groups in total. The molecule has 0 aromatic carbocycles. The minimum absolute atomic E-state index is 0.0888. The van der Waals surface area contributed by atoms with Gasteiger partial charge in [0.25, 0.3) is 0 Å². The minimum Gasteiger partial charge on any atom is -0.356 e. The highest BCUT2D eigenvalue weighted by Crippen LogP contribution is 2.20. The number of aromatic nitrogens is 3. The van der Waals surface area contributed by atoms with Gasteiger partial charge in [-0.3, -0.25) is 9.48 Å². The van der Waals surface area contributed by atoms with E-state index in [1.54, 1.807) is 11.0 Å². The lowest BCUT2D eigenvalue weighted by molar-refractivity contribution is -0.121. The monoisotopic (exact) mass is 293 g/mol. The number of hydrogen-bond acceptors (Lipinski definition) is 4. The number of carbonyl (C=O) groups is 1. The predicted octanol–water partition coefficient (Wildman–Crippen LogP) is 1.15. The Morgan fingerprint density at radius 3 is 2.71 bits per heavy atom. The summed E-state index contributed by atoms with van der Waals surface area (Å²) in [6, 6.07) is 0. The average Bonchev–Trinajstić information content (AvgIpc) is 2.93. The van der Waals surface area contributed by atoms with Crippen LogP contribution in [0.25, 0.3) is 0 Å². The number of aryl methyl sites for hydroxylation is 1. The standard InChI is InChI=1S/C15H27N5O/c1-13-8-14(2)10-19(9-13)6-3-5-17-15(21)4-7-20-12-16-11-18-20/h11-14H,3-10H2,1-2H3,(H,17,21). The van der Waals surface area contributed by atoms with E-state index in [1.807, 2.05) is 0 Å². The Bertz CT molecular complexity index is 410. The van der Waals surface area contributed by atoms with Crippen LogP contribution in [0.3, 0.4) is 0 Å². The van der Waals surface area contributed by atoms with E-state index in [9.17, 15) is 4.79 Å². The topological polar surface area (TPSA) is 63.1 Å². The summed E-state index contributed by atoms with van der Waals surface area (Å²) >= 11 is 0. The molecule has 0 saturated carbocycles. The molecule has 0 aliphatic carbocycles. The molecule has 0 radical (unpaired) electrons. The van der Waals surface area contributed by atoms with Gasteiger partial charge in [0.15, 0.2) is 0 Å². The van der Waals surface area contributed by atoms with Crippen LogP contribution in [0.5, 0.6) is 0 Å². The van der Waals surface area contributed by atoms with Crippen LogP contribution < -0.4 is 5.32 Å². The van der Waals surface area contributed by atoms with Gasteiger partial charge in [0.2, 0.25) is 5.91 Å². The molecule has 1 aliphatic heterocycles. The summed E-state index contributed by atoms with van der Waals surface area (Å²) in [6.07, 6.45) is 5.94. The van der Waals surface area contributed by atoms with Crippen LogP contribution in [0.1, 0.15) is 33.1 Å². The van der Waals surface area contributed by atoms with E-state index in [1.165, 1.54) is 25.8 Å². The molecule has 0 bridgehead atoms. The third kappa shape index (κ3) is 5.83. The maximum Gasteiger partial charge on any atom is 0.221 e. The van der Waals surface area contributed by atoms with Crippen molar-refractivity contribution >= 4 is 5.91 Å². The van der Waals surface area contributed by atoms with Crippen molar-refractivity contribution in [1.29, 1.82) is 0 Å². The zero-order valence-corrected chi connectivity index (χ0v) is 13.2. The third-order valence-corrected chi connectivity index (χ3v) is 3.95. The number of amides is 1. The first-order valence-electron chi connectivity index (χ1n) is 7.95. The molecule has 1 aromatic rings. The number of carbonyl (C=O) groups excluding carboxylic acids is 1. The maximum atomic E-state index is 11.7. The molecular weight excluding hydrogens is 266 g/mol. The van der Waals surface area contributed by atoms with Crippen LogP contribution >= 0.6 is 0 Å². The summed E-state index contributed by atoms with van der Waals surface area (Å²) in [7, 11) is 0. The van der Waals surface area contributed by atoms with Gasteiger partial charge in [-0.25, -0.2) is 4.98 Å². The molecule has 1 amide bonds. The fourth-order valence-electron chi connectivity index (χ4n) is 3.16. The molecule has 21 heavy (non-hydrogen) atoms. The van der Waals surface area contributed by atoms with Crippen molar-refractivity contribution in [3.8, 4) is 0 Å². The Balaban J connectivity index is 1.53. The predicted molar refractivity (Wildman–Crippen MR) is 81.7 cm³/mol. The second kappa shape index (κ2) is 8.12. The molecule has 2 atom stereocenters. The number of piperidine rings is 1. The Labute approximate surface area is 126 Å². The van der Waals surface area contributed by atoms with Crippen molar-refractivity contribution < 1.29 is 4.79 Å². The molecule has 0 spiro atoms. The molecule has 1 aliphatic rings. The molecule has 2 unspecified atom stereocenters. The quantitative estimate of drug-likeness (QED) is 0.766. The van der Waals surface area contributed by atoms with Crippen molar-refractivity contribution in [3.63, 3.8) is 0 Å². The van der Waals surface area contributed by atoms with Crippen LogP contribution in [0, 0.1) is 11.8 Å². The van der Waals surface area contributed by atoms with Crippen LogP contribution in [0.15, 0.2) is 12.7 Å². The Kier molecular flexibility index (Phi) is 6.17. The molecular formula is C15H27N5O. The molecule has 1 saturated heterocycles. The molecule has 1 aromatic heterocycles. The Morgan fingerprint density at radius 2 is 2.05 bits per heavy atom. The van der Waals surface area contributed by atoms with Gasteiger partial charge in [-0.2, -0.15) is 5.10 Å². The van der Waals surface area contributed by atoms with Gasteiger partial charge in [0, 0.05) is 26.1 Å². The van der Waals surface area contributed by atoms with Crippen LogP contribution in [0.2, 0.25) is 0 Å². The first kappa shape index (κ1) is 15.9. The zero-order valence-electron chi connectivity index (χ0n) is 13.2. The largest absolute Gasteiger partial charge is 0.356 e. The second-order valence-corrected chi connectivity index (χ2v) is 6.32. The highest BCUT2D eigenvalue weighted by Gasteiger charge is 2.20. The third-order valence-electron chi connectivity index (χ3n) is 3.95. The van der Waals surface area contributed by atoms with Crippen molar-refractivity contribution in [2.75, 3.05) is 26.2 Å². The molecule has 2 heterocycles. The number of rotatable bonds is 7. The van der Waals surface area contributed by atoms with Crippen molar-refractivity contribution in [2.24, 2.45) is 11.8 Å². The summed E-state index contributed by atoms with van der Waals surface area (Å²) in [6.45, 7) is 9.48. The highest BCUT2D eigenvalue weighted by atomic mass is 16.1. The van der Waals surface area contributed by atoms with E-state index in [-0.39, 0.29) is 5.91 Å². The van der Waals surface area contributed by atoms with Gasteiger partial charge in [0.1, 0.15) is 12.7 Å². The summed E-state index contributed by atoms with van der Waals surface area (Å²) in [5, 5.41) is 6.96. The van der Waals surface area contributed by atoms with E-state index in [4.69, 9.17) is 0 Å². The van der Waals surface area contributed by atoms with Gasteiger partial charge >= 0.3 is 0 Å². The number of nitrogens with zero attached hydrogens (tertiary/aromatic N) is 4. The zero-order chi connectivity index (χ0) is 15.1. The summed E-state index contributed by atoms with van der Waals surface area (Å²) < 4.78 is 1.68. The van der Waals surface area contributed by atoms with Crippen LogP contribution in [0.4, 0.5) is 0 Å². The molecule has 6 nitrogen and oxygen atoms in total. The number of likely N-dealkylation sites (tertiary alicyclic amines) is 1. The summed E-state index contributed by atoms with van der Waals surface area (Å²) in [5.74, 6) is 1.68. The lowest BCUT2D eigenvalue weighted by Gasteiger charge is -2.34. The highest BCUT2D eigenvalue weighted by molar-refractivity contribution is 5.75. The SMILES string of the molecule is CC1CC(C)CN(CCCNC(=O)CCn2cncn2)C1. The summed E-state index contributed by atoms with van der Waals surface area (Å²) in [4.78, 5) is 18.1. The normalized spacial score (nSPS) is 23.1. The maximum absolute atomic E-state index is 11.7. The second-order valence-electron chi connectivity index (χ2n) is 6.32. The van der Waals surface area contributed by atoms with E-state index < -0.39 is 0 Å². The van der Waals surface area contributed by atoms with Crippen molar-refractivity contribution in [2.45, 2.75) is 39.7 Å². The molecule has 1 fully saturated rings. The van der Waals surface area contributed by atoms with Crippen LogP contribution in [-0.2, 0) is 11.3 Å². The Morgan fingerprint density at radius 1 is 1.29 bits per heavy atom. The lowest BCUT2D eigenvalue weighted by atomic mass is 9.92. The van der Waals surface area contributed by atoms with Gasteiger partial charge in [-0.1, -0.05) is 13.8 Å². The van der Waals surface area contributed by atoms with Gasteiger partial charge in [-0.05, 0) is 31.2 Å². The lowest BCUT2D eigenvalue weighted by Crippen LogP contribution is -2.40. The molecule has 2 rings (SSSR count). The van der Waals surface area contributed by atoms with E-state index >= 15 is 0 Å². The van der Waals surface area contributed by atoms with Gasteiger partial charge in [0.05, 0.1) is 6.54 Å². The number of nitrogens with one attached hydrogen (secondary N) is 1. The molecule has 6 heteroatoms. The average molecular weight is 293 g/mol. The minimum atomic E-state index is 0.0888. The van der Waals surface area contributed by atoms with Crippen LogP contribution in [-0.4, -0.2) is 51.8 Å². The Hall–Kier alpha value is -1.43. The van der Waals surface area contributed by atoms with Gasteiger partial charge in [-0.15, -0.1) is 0 Å². The van der Waals surface area contributed by atoms with E-state index in [0.717, 1.165) is 31.3 Å².